The van der Waals surface area contributed by atoms with Gasteiger partial charge < -0.3 is 0 Å². The van der Waals surface area contributed by atoms with Crippen molar-refractivity contribution in [2.45, 2.75) is 26.3 Å². The molecule has 6 heteroatoms. The van der Waals surface area contributed by atoms with Gasteiger partial charge in [0.15, 0.2) is 11.6 Å². The average molecular weight is 248 g/mol. The van der Waals surface area contributed by atoms with E-state index in [1.807, 2.05) is 13.8 Å². The topological polar surface area (TPSA) is 60.7 Å². The summed E-state index contributed by atoms with van der Waals surface area (Å²) < 4.78 is 15.1. The third kappa shape index (κ3) is 2.42. The molecule has 2 aromatic heterocycles. The molecule has 94 valence electrons. The van der Waals surface area contributed by atoms with Gasteiger partial charge in [0, 0.05) is 12.2 Å². The minimum absolute atomic E-state index is 0.0269. The van der Waals surface area contributed by atoms with E-state index in [-0.39, 0.29) is 23.8 Å². The van der Waals surface area contributed by atoms with Crippen LogP contribution in [-0.2, 0) is 6.42 Å². The van der Waals surface area contributed by atoms with Crippen LogP contribution in [0.1, 0.15) is 36.1 Å². The van der Waals surface area contributed by atoms with E-state index in [1.54, 1.807) is 4.68 Å². The first kappa shape index (κ1) is 12.3. The maximum Gasteiger partial charge on any atom is 0.173 e. The summed E-state index contributed by atoms with van der Waals surface area (Å²) in [7, 11) is 0. The number of Topliss-reactive ketones (excluding diaryl/α,β-unsaturated/α-hetero) is 1. The Bertz CT molecular complexity index is 565. The zero-order valence-electron chi connectivity index (χ0n) is 10.2. The SMILES string of the molecule is CC(C)n1ncnc1CC(=O)c1ccncc1F. The summed E-state index contributed by atoms with van der Waals surface area (Å²) in [6, 6.07) is 1.48. The molecule has 0 saturated heterocycles. The Morgan fingerprint density at radius 3 is 2.94 bits per heavy atom. The zero-order chi connectivity index (χ0) is 13.1. The maximum absolute atomic E-state index is 13.4. The molecule has 0 amide bonds. The van der Waals surface area contributed by atoms with Crippen LogP contribution in [0.2, 0.25) is 0 Å². The van der Waals surface area contributed by atoms with Gasteiger partial charge in [-0.05, 0) is 19.9 Å². The molecule has 0 fully saturated rings. The highest BCUT2D eigenvalue weighted by molar-refractivity contribution is 5.97. The van der Waals surface area contributed by atoms with Crippen LogP contribution in [0.4, 0.5) is 4.39 Å². The van der Waals surface area contributed by atoms with E-state index in [1.165, 1.54) is 18.6 Å². The minimum atomic E-state index is -0.613. The fraction of sp³-hybridized carbons (Fsp3) is 0.333. The van der Waals surface area contributed by atoms with E-state index in [4.69, 9.17) is 0 Å². The standard InChI is InChI=1S/C12H13FN4O/c1-8(2)17-12(15-7-16-17)5-11(18)9-3-4-14-6-10(9)13/h3-4,6-8H,5H2,1-2H3. The Hall–Kier alpha value is -2.11. The van der Waals surface area contributed by atoms with Crippen molar-refractivity contribution in [2.24, 2.45) is 0 Å². The van der Waals surface area contributed by atoms with Crippen LogP contribution >= 0.6 is 0 Å². The molecule has 0 atom stereocenters. The number of rotatable bonds is 4. The highest BCUT2D eigenvalue weighted by atomic mass is 19.1. The number of halogens is 1. The van der Waals surface area contributed by atoms with Gasteiger partial charge in [0.1, 0.15) is 12.2 Å². The van der Waals surface area contributed by atoms with Crippen LogP contribution in [0, 0.1) is 5.82 Å². The highest BCUT2D eigenvalue weighted by Gasteiger charge is 2.16. The molecule has 5 nitrogen and oxygen atoms in total. The molecule has 0 radical (unpaired) electrons. The molecule has 2 rings (SSSR count). The molecule has 0 unspecified atom stereocenters. The summed E-state index contributed by atoms with van der Waals surface area (Å²) >= 11 is 0. The van der Waals surface area contributed by atoms with Gasteiger partial charge in [-0.3, -0.25) is 9.78 Å². The van der Waals surface area contributed by atoms with Crippen molar-refractivity contribution in [1.82, 2.24) is 19.7 Å². The monoisotopic (exact) mass is 248 g/mol. The Labute approximate surface area is 104 Å². The molecule has 0 bridgehead atoms. The van der Waals surface area contributed by atoms with Crippen LogP contribution in [0.15, 0.2) is 24.8 Å². The van der Waals surface area contributed by atoms with E-state index in [9.17, 15) is 9.18 Å². The number of carbonyl (C=O) groups is 1. The summed E-state index contributed by atoms with van der Waals surface area (Å²) in [5, 5.41) is 4.03. The van der Waals surface area contributed by atoms with Crippen molar-refractivity contribution in [2.75, 3.05) is 0 Å². The number of aromatic nitrogens is 4. The summed E-state index contributed by atoms with van der Waals surface area (Å²) in [5.41, 5.74) is 0.0308. The maximum atomic E-state index is 13.4. The van der Waals surface area contributed by atoms with Crippen molar-refractivity contribution >= 4 is 5.78 Å². The molecule has 0 N–H and O–H groups in total. The van der Waals surface area contributed by atoms with Crippen LogP contribution in [0.25, 0.3) is 0 Å². The highest BCUT2D eigenvalue weighted by Crippen LogP contribution is 2.11. The second kappa shape index (κ2) is 5.03. The fourth-order valence-corrected chi connectivity index (χ4v) is 1.67. The Kier molecular flexibility index (Phi) is 3.45. The smallest absolute Gasteiger partial charge is 0.173 e. The second-order valence-electron chi connectivity index (χ2n) is 4.17. The van der Waals surface area contributed by atoms with Crippen molar-refractivity contribution in [3.8, 4) is 0 Å². The fourth-order valence-electron chi connectivity index (χ4n) is 1.67. The number of nitrogens with zero attached hydrogens (tertiary/aromatic N) is 4. The molecule has 0 aliphatic rings. The molecular weight excluding hydrogens is 235 g/mol. The third-order valence-corrected chi connectivity index (χ3v) is 2.53. The molecule has 0 aliphatic carbocycles. The molecule has 0 spiro atoms. The van der Waals surface area contributed by atoms with Gasteiger partial charge in [0.05, 0.1) is 18.2 Å². The molecule has 0 aliphatic heterocycles. The van der Waals surface area contributed by atoms with Gasteiger partial charge in [-0.15, -0.1) is 0 Å². The van der Waals surface area contributed by atoms with Crippen molar-refractivity contribution < 1.29 is 9.18 Å². The van der Waals surface area contributed by atoms with Crippen LogP contribution in [-0.4, -0.2) is 25.5 Å². The van der Waals surface area contributed by atoms with Gasteiger partial charge in [-0.1, -0.05) is 0 Å². The molecule has 2 heterocycles. The second-order valence-corrected chi connectivity index (χ2v) is 4.17. The van der Waals surface area contributed by atoms with Crippen molar-refractivity contribution in [3.05, 3.63) is 42.0 Å². The molecule has 0 aromatic carbocycles. The van der Waals surface area contributed by atoms with Crippen molar-refractivity contribution in [1.29, 1.82) is 0 Å². The lowest BCUT2D eigenvalue weighted by atomic mass is 10.1. The van der Waals surface area contributed by atoms with Crippen LogP contribution in [0.3, 0.4) is 0 Å². The van der Waals surface area contributed by atoms with Crippen molar-refractivity contribution in [3.63, 3.8) is 0 Å². The first-order valence-corrected chi connectivity index (χ1v) is 5.60. The third-order valence-electron chi connectivity index (χ3n) is 2.53. The summed E-state index contributed by atoms with van der Waals surface area (Å²) in [4.78, 5) is 19.6. The number of carbonyl (C=O) groups excluding carboxylic acids is 1. The lowest BCUT2D eigenvalue weighted by Gasteiger charge is -2.08. The summed E-state index contributed by atoms with van der Waals surface area (Å²) in [6.45, 7) is 3.88. The predicted octanol–water partition coefficient (Wildman–Crippen LogP) is 1.82. The Balaban J connectivity index is 2.22. The molecular formula is C12H13FN4O. The van der Waals surface area contributed by atoms with E-state index in [0.29, 0.717) is 5.82 Å². The normalized spacial score (nSPS) is 10.9. The predicted molar refractivity (Wildman–Crippen MR) is 62.6 cm³/mol. The zero-order valence-corrected chi connectivity index (χ0v) is 10.2. The first-order valence-electron chi connectivity index (χ1n) is 5.60. The minimum Gasteiger partial charge on any atom is -0.294 e. The van der Waals surface area contributed by atoms with Crippen LogP contribution in [0.5, 0.6) is 0 Å². The summed E-state index contributed by atoms with van der Waals surface area (Å²) in [5.74, 6) is -0.408. The molecule has 18 heavy (non-hydrogen) atoms. The largest absolute Gasteiger partial charge is 0.294 e. The summed E-state index contributed by atoms with van der Waals surface area (Å²) in [6.07, 6.45) is 3.84. The van der Waals surface area contributed by atoms with Gasteiger partial charge in [0.2, 0.25) is 0 Å². The van der Waals surface area contributed by atoms with Gasteiger partial charge in [-0.2, -0.15) is 5.10 Å². The number of ketones is 1. The molecule has 0 saturated carbocycles. The van der Waals surface area contributed by atoms with Gasteiger partial charge in [-0.25, -0.2) is 14.1 Å². The van der Waals surface area contributed by atoms with E-state index in [2.05, 4.69) is 15.1 Å². The van der Waals surface area contributed by atoms with Crippen LogP contribution < -0.4 is 0 Å². The molecule has 2 aromatic rings. The number of hydrogen-bond acceptors (Lipinski definition) is 4. The lowest BCUT2D eigenvalue weighted by Crippen LogP contribution is -2.14. The number of hydrogen-bond donors (Lipinski definition) is 0. The first-order chi connectivity index (χ1) is 8.59. The van der Waals surface area contributed by atoms with Gasteiger partial charge in [0.25, 0.3) is 0 Å². The Morgan fingerprint density at radius 2 is 2.28 bits per heavy atom. The number of pyridine rings is 1. The van der Waals surface area contributed by atoms with E-state index in [0.717, 1.165) is 6.20 Å². The van der Waals surface area contributed by atoms with E-state index >= 15 is 0 Å². The van der Waals surface area contributed by atoms with Gasteiger partial charge >= 0.3 is 0 Å². The lowest BCUT2D eigenvalue weighted by molar-refractivity contribution is 0.0985. The Morgan fingerprint density at radius 1 is 1.50 bits per heavy atom. The van der Waals surface area contributed by atoms with E-state index < -0.39 is 5.82 Å². The quantitative estimate of drug-likeness (QED) is 0.774. The average Bonchev–Trinajstić information content (AvgIpc) is 2.77.